The molecular weight excluding hydrogens is 421 g/mol. The zero-order chi connectivity index (χ0) is 22.8. The molecule has 2 heterocycles. The van der Waals surface area contributed by atoms with Crippen LogP contribution in [0.15, 0.2) is 59.6 Å². The lowest BCUT2D eigenvalue weighted by molar-refractivity contribution is -0.116. The third-order valence-electron chi connectivity index (χ3n) is 4.50. The topological polar surface area (TPSA) is 97.2 Å². The van der Waals surface area contributed by atoms with Gasteiger partial charge in [0.1, 0.15) is 11.6 Å². The van der Waals surface area contributed by atoms with Crippen LogP contribution in [-0.2, 0) is 20.2 Å². The first-order chi connectivity index (χ1) is 14.5. The van der Waals surface area contributed by atoms with Gasteiger partial charge in [-0.3, -0.25) is 4.79 Å². The highest BCUT2D eigenvalue weighted by Crippen LogP contribution is 2.26. The third-order valence-corrected chi connectivity index (χ3v) is 6.32. The lowest BCUT2D eigenvalue weighted by Gasteiger charge is -2.17. The second-order valence-electron chi connectivity index (χ2n) is 8.03. The van der Waals surface area contributed by atoms with Gasteiger partial charge in [0.15, 0.2) is 5.82 Å². The maximum atomic E-state index is 13.1. The molecule has 0 radical (unpaired) electrons. The normalized spacial score (nSPS) is 12.2. The molecule has 164 valence electrons. The number of sulfonamides is 1. The van der Waals surface area contributed by atoms with Gasteiger partial charge in [-0.2, -0.15) is 14.1 Å². The Morgan fingerprint density at radius 2 is 1.84 bits per heavy atom. The molecule has 2 aromatic heterocycles. The fraction of sp³-hybridized carbons (Fsp3) is 0.286. The van der Waals surface area contributed by atoms with Crippen molar-refractivity contribution in [3.8, 4) is 5.82 Å². The van der Waals surface area contributed by atoms with Gasteiger partial charge in [0.05, 0.1) is 17.1 Å². The van der Waals surface area contributed by atoms with Crippen LogP contribution < -0.4 is 5.32 Å². The molecule has 0 saturated carbocycles. The first-order valence-corrected chi connectivity index (χ1v) is 11.0. The Balaban J connectivity index is 1.83. The molecule has 1 aromatic carbocycles. The van der Waals surface area contributed by atoms with Gasteiger partial charge in [-0.1, -0.05) is 26.8 Å². The van der Waals surface area contributed by atoms with Crippen molar-refractivity contribution in [2.45, 2.75) is 31.1 Å². The van der Waals surface area contributed by atoms with Crippen molar-refractivity contribution >= 4 is 21.7 Å². The van der Waals surface area contributed by atoms with Crippen molar-refractivity contribution < 1.29 is 17.6 Å². The van der Waals surface area contributed by atoms with Crippen LogP contribution in [0.5, 0.6) is 0 Å². The quantitative estimate of drug-likeness (QED) is 0.629. The van der Waals surface area contributed by atoms with Crippen LogP contribution in [0.4, 0.5) is 10.2 Å². The van der Waals surface area contributed by atoms with Crippen molar-refractivity contribution in [3.05, 3.63) is 66.2 Å². The molecule has 0 aliphatic heterocycles. The van der Waals surface area contributed by atoms with E-state index in [1.165, 1.54) is 11.7 Å². The maximum absolute atomic E-state index is 13.1. The van der Waals surface area contributed by atoms with E-state index in [4.69, 9.17) is 0 Å². The summed E-state index contributed by atoms with van der Waals surface area (Å²) in [6.07, 6.45) is 1.61. The molecule has 1 amide bonds. The fourth-order valence-corrected chi connectivity index (χ4v) is 3.87. The Morgan fingerprint density at radius 3 is 2.42 bits per heavy atom. The number of nitrogens with zero attached hydrogens (tertiary/aromatic N) is 4. The summed E-state index contributed by atoms with van der Waals surface area (Å²) in [4.78, 5) is 16.8. The zero-order valence-electron chi connectivity index (χ0n) is 17.7. The highest BCUT2D eigenvalue weighted by Gasteiger charge is 2.25. The monoisotopic (exact) mass is 445 g/mol. The highest BCUT2D eigenvalue weighted by atomic mass is 32.2. The van der Waals surface area contributed by atoms with Crippen LogP contribution in [-0.4, -0.2) is 47.0 Å². The molecule has 0 spiro atoms. The van der Waals surface area contributed by atoms with Crippen LogP contribution >= 0.6 is 0 Å². The van der Waals surface area contributed by atoms with Crippen LogP contribution in [0.2, 0.25) is 0 Å². The van der Waals surface area contributed by atoms with Crippen molar-refractivity contribution in [1.82, 2.24) is 19.1 Å². The Bertz CT molecular complexity index is 1170. The van der Waals surface area contributed by atoms with E-state index < -0.39 is 28.3 Å². The van der Waals surface area contributed by atoms with Crippen molar-refractivity contribution in [1.29, 1.82) is 0 Å². The van der Waals surface area contributed by atoms with Gasteiger partial charge < -0.3 is 5.32 Å². The van der Waals surface area contributed by atoms with Crippen molar-refractivity contribution in [2.24, 2.45) is 0 Å². The zero-order valence-corrected chi connectivity index (χ0v) is 18.5. The van der Waals surface area contributed by atoms with Crippen molar-refractivity contribution in [3.63, 3.8) is 0 Å². The summed E-state index contributed by atoms with van der Waals surface area (Å²) in [5.41, 5.74) is 0.461. The highest BCUT2D eigenvalue weighted by molar-refractivity contribution is 7.89. The first-order valence-electron chi connectivity index (χ1n) is 9.52. The second-order valence-corrected chi connectivity index (χ2v) is 10.1. The molecule has 0 atom stereocenters. The molecular formula is C21H24FN5O3S. The van der Waals surface area contributed by atoms with Crippen molar-refractivity contribution in [2.75, 3.05) is 18.9 Å². The number of hydrogen-bond acceptors (Lipinski definition) is 5. The molecule has 0 unspecified atom stereocenters. The molecule has 0 saturated heterocycles. The molecule has 0 bridgehead atoms. The summed E-state index contributed by atoms with van der Waals surface area (Å²) < 4.78 is 40.8. The number of aromatic nitrogens is 3. The van der Waals surface area contributed by atoms with E-state index in [9.17, 15) is 17.6 Å². The first kappa shape index (κ1) is 22.6. The molecule has 0 aliphatic rings. The third kappa shape index (κ3) is 5.15. The SMILES string of the molecule is CN(CC(=O)Nc1cc(C(C)(C)C)nn1-c1ccccn1)S(=O)(=O)c1ccc(F)cc1. The average molecular weight is 446 g/mol. The molecule has 10 heteroatoms. The number of pyridine rings is 1. The molecule has 0 fully saturated rings. The van der Waals surface area contributed by atoms with E-state index in [1.54, 1.807) is 30.5 Å². The number of amides is 1. The number of benzene rings is 1. The molecule has 1 N–H and O–H groups in total. The number of carbonyl (C=O) groups is 1. The van der Waals surface area contributed by atoms with E-state index >= 15 is 0 Å². The maximum Gasteiger partial charge on any atom is 0.243 e. The minimum Gasteiger partial charge on any atom is -0.309 e. The van der Waals surface area contributed by atoms with Gasteiger partial charge in [-0.25, -0.2) is 17.8 Å². The Kier molecular flexibility index (Phi) is 6.23. The standard InChI is InChI=1S/C21H24FN5O3S/c1-21(2,3)17-13-19(27(25-17)18-7-5-6-12-23-18)24-20(28)14-26(4)31(29,30)16-10-8-15(22)9-11-16/h5-13H,14H2,1-4H3,(H,24,28). The number of carbonyl (C=O) groups excluding carboxylic acids is 1. The second kappa shape index (κ2) is 8.56. The number of likely N-dealkylation sites (N-methyl/N-ethyl adjacent to an activating group) is 1. The fourth-order valence-electron chi connectivity index (χ4n) is 2.75. The number of rotatable bonds is 6. The van der Waals surface area contributed by atoms with E-state index in [0.29, 0.717) is 11.6 Å². The van der Waals surface area contributed by atoms with Crippen LogP contribution in [0, 0.1) is 5.82 Å². The number of halogens is 1. The van der Waals surface area contributed by atoms with E-state index in [1.807, 2.05) is 20.8 Å². The van der Waals surface area contributed by atoms with Gasteiger partial charge >= 0.3 is 0 Å². The Morgan fingerprint density at radius 1 is 1.16 bits per heavy atom. The molecule has 8 nitrogen and oxygen atoms in total. The Hall–Kier alpha value is -3.11. The van der Waals surface area contributed by atoms with Crippen LogP contribution in [0.3, 0.4) is 0 Å². The minimum absolute atomic E-state index is 0.0993. The van der Waals surface area contributed by atoms with E-state index in [0.717, 1.165) is 34.3 Å². The van der Waals surface area contributed by atoms with Crippen LogP contribution in [0.25, 0.3) is 5.82 Å². The summed E-state index contributed by atoms with van der Waals surface area (Å²) >= 11 is 0. The van der Waals surface area contributed by atoms with E-state index in [-0.39, 0.29) is 10.3 Å². The lowest BCUT2D eigenvalue weighted by atomic mass is 9.92. The minimum atomic E-state index is -3.95. The van der Waals surface area contributed by atoms with Gasteiger partial charge in [0, 0.05) is 24.7 Å². The summed E-state index contributed by atoms with van der Waals surface area (Å²) in [7, 11) is -2.67. The number of anilines is 1. The molecule has 31 heavy (non-hydrogen) atoms. The summed E-state index contributed by atoms with van der Waals surface area (Å²) in [5, 5.41) is 7.28. The predicted octanol–water partition coefficient (Wildman–Crippen LogP) is 2.96. The molecule has 3 rings (SSSR count). The summed E-state index contributed by atoms with van der Waals surface area (Å²) in [6, 6.07) is 11.5. The lowest BCUT2D eigenvalue weighted by Crippen LogP contribution is -2.35. The summed E-state index contributed by atoms with van der Waals surface area (Å²) in [6.45, 7) is 5.55. The molecule has 3 aromatic rings. The number of nitrogens with one attached hydrogen (secondary N) is 1. The Labute approximate surface area is 180 Å². The number of hydrogen-bond donors (Lipinski definition) is 1. The molecule has 0 aliphatic carbocycles. The van der Waals surface area contributed by atoms with Gasteiger partial charge in [0.25, 0.3) is 0 Å². The van der Waals surface area contributed by atoms with Gasteiger partial charge in [-0.05, 0) is 36.4 Å². The predicted molar refractivity (Wildman–Crippen MR) is 115 cm³/mol. The smallest absolute Gasteiger partial charge is 0.243 e. The van der Waals surface area contributed by atoms with E-state index in [2.05, 4.69) is 15.4 Å². The van der Waals surface area contributed by atoms with Gasteiger partial charge in [0.2, 0.25) is 15.9 Å². The summed E-state index contributed by atoms with van der Waals surface area (Å²) in [5.74, 6) is -0.204. The van der Waals surface area contributed by atoms with Crippen LogP contribution in [0.1, 0.15) is 26.5 Å². The van der Waals surface area contributed by atoms with Gasteiger partial charge in [-0.15, -0.1) is 0 Å². The average Bonchev–Trinajstić information content (AvgIpc) is 3.13. The largest absolute Gasteiger partial charge is 0.309 e.